The van der Waals surface area contributed by atoms with E-state index >= 15 is 0 Å². The van der Waals surface area contributed by atoms with Crippen LogP contribution in [0.25, 0.3) is 0 Å². The summed E-state index contributed by atoms with van der Waals surface area (Å²) < 4.78 is 7.81. The predicted octanol–water partition coefficient (Wildman–Crippen LogP) is 3.09. The summed E-state index contributed by atoms with van der Waals surface area (Å²) in [5, 5.41) is 3.31. The number of anilines is 1. The molecule has 2 rings (SSSR count). The van der Waals surface area contributed by atoms with Crippen LogP contribution in [0.3, 0.4) is 0 Å². The standard InChI is InChI=1S/C15H21N3O/c1-12(2)17-15-16-7-8-18(15)9-10-19-14-6-4-5-13(3)11-14/h4-8,11-12H,9-10H2,1-3H3,(H,16,17). The molecule has 0 spiro atoms. The molecule has 0 saturated carbocycles. The fourth-order valence-corrected chi connectivity index (χ4v) is 1.85. The van der Waals surface area contributed by atoms with Gasteiger partial charge in [-0.25, -0.2) is 4.98 Å². The Labute approximate surface area is 114 Å². The van der Waals surface area contributed by atoms with Crippen molar-refractivity contribution >= 4 is 5.95 Å². The highest BCUT2D eigenvalue weighted by Crippen LogP contribution is 2.13. The van der Waals surface area contributed by atoms with Gasteiger partial charge >= 0.3 is 0 Å². The summed E-state index contributed by atoms with van der Waals surface area (Å²) in [5.41, 5.74) is 1.21. The molecule has 0 aliphatic carbocycles. The Morgan fingerprint density at radius 1 is 1.37 bits per heavy atom. The first-order valence-electron chi connectivity index (χ1n) is 6.62. The third kappa shape index (κ3) is 4.02. The quantitative estimate of drug-likeness (QED) is 0.866. The van der Waals surface area contributed by atoms with Gasteiger partial charge in [-0.15, -0.1) is 0 Å². The summed E-state index contributed by atoms with van der Waals surface area (Å²) in [6.45, 7) is 7.67. The maximum atomic E-state index is 5.74. The average molecular weight is 259 g/mol. The fraction of sp³-hybridized carbons (Fsp3) is 0.400. The van der Waals surface area contributed by atoms with Crippen molar-refractivity contribution in [2.45, 2.75) is 33.4 Å². The van der Waals surface area contributed by atoms with Gasteiger partial charge in [0.05, 0.1) is 6.54 Å². The second kappa shape index (κ2) is 6.27. The number of rotatable bonds is 6. The van der Waals surface area contributed by atoms with Crippen molar-refractivity contribution in [3.63, 3.8) is 0 Å². The largest absolute Gasteiger partial charge is 0.492 e. The van der Waals surface area contributed by atoms with Crippen LogP contribution in [0.15, 0.2) is 36.7 Å². The molecule has 1 heterocycles. The number of nitrogens with one attached hydrogen (secondary N) is 1. The number of hydrogen-bond acceptors (Lipinski definition) is 3. The molecule has 0 unspecified atom stereocenters. The van der Waals surface area contributed by atoms with Gasteiger partial charge in [0.25, 0.3) is 0 Å². The lowest BCUT2D eigenvalue weighted by Gasteiger charge is -2.13. The molecular formula is C15H21N3O. The number of aromatic nitrogens is 2. The van der Waals surface area contributed by atoms with Crippen LogP contribution in [0, 0.1) is 6.92 Å². The number of hydrogen-bond donors (Lipinski definition) is 1. The number of nitrogens with zero attached hydrogens (tertiary/aromatic N) is 2. The first-order chi connectivity index (χ1) is 9.15. The van der Waals surface area contributed by atoms with E-state index in [-0.39, 0.29) is 0 Å². The molecule has 0 bridgehead atoms. The summed E-state index contributed by atoms with van der Waals surface area (Å²) in [4.78, 5) is 4.29. The zero-order valence-corrected chi connectivity index (χ0v) is 11.8. The topological polar surface area (TPSA) is 39.1 Å². The van der Waals surface area contributed by atoms with Gasteiger partial charge in [-0.05, 0) is 38.5 Å². The van der Waals surface area contributed by atoms with Crippen LogP contribution in [0.5, 0.6) is 5.75 Å². The predicted molar refractivity (Wildman–Crippen MR) is 77.7 cm³/mol. The normalized spacial score (nSPS) is 10.7. The number of imidazole rings is 1. The third-order valence-electron chi connectivity index (χ3n) is 2.72. The molecule has 0 amide bonds. The first-order valence-corrected chi connectivity index (χ1v) is 6.62. The molecule has 4 nitrogen and oxygen atoms in total. The SMILES string of the molecule is Cc1cccc(OCCn2ccnc2NC(C)C)c1. The second-order valence-electron chi connectivity index (χ2n) is 4.91. The fourth-order valence-electron chi connectivity index (χ4n) is 1.85. The molecule has 102 valence electrons. The molecule has 0 aliphatic rings. The van der Waals surface area contributed by atoms with E-state index in [4.69, 9.17) is 4.74 Å². The maximum Gasteiger partial charge on any atom is 0.203 e. The minimum Gasteiger partial charge on any atom is -0.492 e. The van der Waals surface area contributed by atoms with Gasteiger partial charge in [0.1, 0.15) is 12.4 Å². The number of aryl methyl sites for hydroxylation is 1. The Bertz CT molecular complexity index is 520. The molecule has 0 radical (unpaired) electrons. The molecule has 1 aromatic heterocycles. The van der Waals surface area contributed by atoms with Gasteiger partial charge in [-0.2, -0.15) is 0 Å². The van der Waals surface area contributed by atoms with Crippen molar-refractivity contribution in [2.75, 3.05) is 11.9 Å². The van der Waals surface area contributed by atoms with Crippen LogP contribution in [0.4, 0.5) is 5.95 Å². The monoisotopic (exact) mass is 259 g/mol. The minimum absolute atomic E-state index is 0.374. The van der Waals surface area contributed by atoms with Crippen LogP contribution in [0.1, 0.15) is 19.4 Å². The molecule has 0 fully saturated rings. The van der Waals surface area contributed by atoms with Crippen molar-refractivity contribution in [1.82, 2.24) is 9.55 Å². The smallest absolute Gasteiger partial charge is 0.203 e. The minimum atomic E-state index is 0.374. The lowest BCUT2D eigenvalue weighted by atomic mass is 10.2. The van der Waals surface area contributed by atoms with E-state index < -0.39 is 0 Å². The molecule has 2 aromatic rings. The van der Waals surface area contributed by atoms with E-state index in [2.05, 4.69) is 41.7 Å². The van der Waals surface area contributed by atoms with E-state index in [0.717, 1.165) is 18.2 Å². The summed E-state index contributed by atoms with van der Waals surface area (Å²) in [7, 11) is 0. The number of ether oxygens (including phenoxy) is 1. The molecule has 0 saturated heterocycles. The average Bonchev–Trinajstić information content (AvgIpc) is 2.76. The van der Waals surface area contributed by atoms with Gasteiger partial charge in [-0.3, -0.25) is 0 Å². The van der Waals surface area contributed by atoms with Crippen LogP contribution in [-0.2, 0) is 6.54 Å². The Hall–Kier alpha value is -1.97. The van der Waals surface area contributed by atoms with Gasteiger partial charge in [0, 0.05) is 18.4 Å². The lowest BCUT2D eigenvalue weighted by Crippen LogP contribution is -2.16. The van der Waals surface area contributed by atoms with Crippen molar-refractivity contribution < 1.29 is 4.74 Å². The van der Waals surface area contributed by atoms with Crippen molar-refractivity contribution in [1.29, 1.82) is 0 Å². The molecule has 1 aromatic carbocycles. The van der Waals surface area contributed by atoms with Gasteiger partial charge < -0.3 is 14.6 Å². The maximum absolute atomic E-state index is 5.74. The van der Waals surface area contributed by atoms with Crippen LogP contribution < -0.4 is 10.1 Å². The van der Waals surface area contributed by atoms with E-state index in [1.54, 1.807) is 6.20 Å². The highest BCUT2D eigenvalue weighted by Gasteiger charge is 2.03. The molecule has 19 heavy (non-hydrogen) atoms. The lowest BCUT2D eigenvalue weighted by molar-refractivity contribution is 0.299. The summed E-state index contributed by atoms with van der Waals surface area (Å²) >= 11 is 0. The van der Waals surface area contributed by atoms with E-state index in [0.29, 0.717) is 12.6 Å². The van der Waals surface area contributed by atoms with Crippen LogP contribution >= 0.6 is 0 Å². The molecule has 1 N–H and O–H groups in total. The molecule has 0 atom stereocenters. The second-order valence-corrected chi connectivity index (χ2v) is 4.91. The molecular weight excluding hydrogens is 238 g/mol. The Balaban J connectivity index is 1.87. The zero-order chi connectivity index (χ0) is 13.7. The van der Waals surface area contributed by atoms with E-state index in [1.165, 1.54) is 5.56 Å². The number of benzene rings is 1. The molecule has 4 heteroatoms. The van der Waals surface area contributed by atoms with Crippen molar-refractivity contribution in [3.8, 4) is 5.75 Å². The Kier molecular flexibility index (Phi) is 4.44. The van der Waals surface area contributed by atoms with E-state index in [1.807, 2.05) is 24.4 Å². The van der Waals surface area contributed by atoms with Gasteiger partial charge in [0.15, 0.2) is 0 Å². The van der Waals surface area contributed by atoms with Gasteiger partial charge in [0.2, 0.25) is 5.95 Å². The van der Waals surface area contributed by atoms with Crippen LogP contribution in [0.2, 0.25) is 0 Å². The first kappa shape index (κ1) is 13.5. The van der Waals surface area contributed by atoms with Crippen LogP contribution in [-0.4, -0.2) is 22.2 Å². The highest BCUT2D eigenvalue weighted by molar-refractivity contribution is 5.28. The summed E-state index contributed by atoms with van der Waals surface area (Å²) in [5.74, 6) is 1.81. The summed E-state index contributed by atoms with van der Waals surface area (Å²) in [6.07, 6.45) is 3.77. The third-order valence-corrected chi connectivity index (χ3v) is 2.72. The van der Waals surface area contributed by atoms with E-state index in [9.17, 15) is 0 Å². The van der Waals surface area contributed by atoms with Gasteiger partial charge in [-0.1, -0.05) is 12.1 Å². The Morgan fingerprint density at radius 2 is 2.21 bits per heavy atom. The Morgan fingerprint density at radius 3 is 2.95 bits per heavy atom. The molecule has 0 aliphatic heterocycles. The summed E-state index contributed by atoms with van der Waals surface area (Å²) in [6, 6.07) is 8.47. The van der Waals surface area contributed by atoms with Crippen molar-refractivity contribution in [3.05, 3.63) is 42.2 Å². The van der Waals surface area contributed by atoms with Crippen molar-refractivity contribution in [2.24, 2.45) is 0 Å². The zero-order valence-electron chi connectivity index (χ0n) is 11.8. The highest BCUT2D eigenvalue weighted by atomic mass is 16.5.